The van der Waals surface area contributed by atoms with Gasteiger partial charge in [0.2, 0.25) is 10.7 Å². The zero-order chi connectivity index (χ0) is 27.1. The zero-order valence-corrected chi connectivity index (χ0v) is 21.5. The molecule has 1 aromatic rings. The van der Waals surface area contributed by atoms with Crippen LogP contribution in [0, 0.1) is 17.2 Å². The number of hydrogen-bond acceptors (Lipinski definition) is 6. The van der Waals surface area contributed by atoms with Crippen LogP contribution in [0.5, 0.6) is 0 Å². The SMILES string of the molecule is C[C@H]1[C@H](O)[C@@H](F)C=C2C(=O)C=C3C4=C(C5=C(CCC5)[C@@H]4F)N(c4ccc(F)cc4)O[C@@]3(C(=O)SCF)[C@]21C. The summed E-state index contributed by atoms with van der Waals surface area (Å²) in [5.74, 6) is -2.21. The Bertz CT molecular complexity index is 1390. The molecule has 6 rings (SSSR count). The van der Waals surface area contributed by atoms with E-state index in [9.17, 15) is 27.9 Å². The lowest BCUT2D eigenvalue weighted by Gasteiger charge is -2.59. The minimum atomic E-state index is -2.19. The number of thioether (sulfide) groups is 1. The molecule has 0 saturated carbocycles. The number of fused-ring (bicyclic) bond motifs is 5. The summed E-state index contributed by atoms with van der Waals surface area (Å²) in [5, 5.41) is 11.2. The molecular formula is C28H25F4NO4S. The van der Waals surface area contributed by atoms with Gasteiger partial charge in [-0.25, -0.2) is 27.5 Å². The molecule has 0 saturated heterocycles. The normalized spacial score (nSPS) is 36.0. The molecule has 200 valence electrons. The summed E-state index contributed by atoms with van der Waals surface area (Å²) in [6, 6.07) is 4.09. The second kappa shape index (κ2) is 8.66. The van der Waals surface area contributed by atoms with Crippen molar-refractivity contribution < 1.29 is 37.1 Å². The van der Waals surface area contributed by atoms with E-state index in [4.69, 9.17) is 4.84 Å². The molecule has 0 bridgehead atoms. The Labute approximate surface area is 220 Å². The summed E-state index contributed by atoms with van der Waals surface area (Å²) in [6.45, 7) is 2.99. The summed E-state index contributed by atoms with van der Waals surface area (Å²) in [5.41, 5.74) is -2.12. The lowest BCUT2D eigenvalue weighted by Crippen LogP contribution is -2.68. The quantitative estimate of drug-likeness (QED) is 0.513. The van der Waals surface area contributed by atoms with Gasteiger partial charge in [-0.3, -0.25) is 9.59 Å². The van der Waals surface area contributed by atoms with Crippen LogP contribution in [0.1, 0.15) is 33.1 Å². The van der Waals surface area contributed by atoms with E-state index in [0.29, 0.717) is 53.6 Å². The highest BCUT2D eigenvalue weighted by Gasteiger charge is 2.71. The van der Waals surface area contributed by atoms with Crippen LogP contribution in [0.4, 0.5) is 23.2 Å². The fourth-order valence-corrected chi connectivity index (χ4v) is 7.53. The third-order valence-corrected chi connectivity index (χ3v) is 9.56. The molecule has 0 unspecified atom stereocenters. The highest BCUT2D eigenvalue weighted by Crippen LogP contribution is 2.65. The Morgan fingerprint density at radius 2 is 1.92 bits per heavy atom. The number of hydroxylamine groups is 1. The molecule has 0 fully saturated rings. The molecule has 0 radical (unpaired) electrons. The number of ketones is 1. The first-order chi connectivity index (χ1) is 18.1. The van der Waals surface area contributed by atoms with Crippen molar-refractivity contribution in [2.24, 2.45) is 11.3 Å². The van der Waals surface area contributed by atoms with Gasteiger partial charge in [-0.15, -0.1) is 0 Å². The number of halogens is 4. The number of anilines is 1. The second-order valence-electron chi connectivity index (χ2n) is 10.5. The van der Waals surface area contributed by atoms with Gasteiger partial charge in [-0.05, 0) is 72.7 Å². The average Bonchev–Trinajstić information content (AvgIpc) is 3.48. The summed E-state index contributed by atoms with van der Waals surface area (Å²) in [7, 11) is 0. The third-order valence-electron chi connectivity index (χ3n) is 8.90. The third kappa shape index (κ3) is 3.08. The molecule has 5 aliphatic rings. The van der Waals surface area contributed by atoms with Crippen molar-refractivity contribution in [1.82, 2.24) is 0 Å². The fraction of sp³-hybridized carbons (Fsp3) is 0.429. The van der Waals surface area contributed by atoms with Gasteiger partial charge < -0.3 is 5.11 Å². The largest absolute Gasteiger partial charge is 0.389 e. The van der Waals surface area contributed by atoms with Crippen LogP contribution in [0.2, 0.25) is 0 Å². The van der Waals surface area contributed by atoms with Crippen LogP contribution in [0.3, 0.4) is 0 Å². The van der Waals surface area contributed by atoms with Gasteiger partial charge in [-0.1, -0.05) is 25.6 Å². The molecule has 10 heteroatoms. The lowest BCUT2D eigenvalue weighted by atomic mass is 9.51. The average molecular weight is 548 g/mol. The summed E-state index contributed by atoms with van der Waals surface area (Å²) >= 11 is 0.300. The van der Waals surface area contributed by atoms with Gasteiger partial charge in [0.25, 0.3) is 0 Å². The maximum atomic E-state index is 16.3. The standard InChI is InChI=1S/C28H25F4NO4S/c1-13-25(35)20(31)10-18-21(34)11-19-22-23(32)16-4-3-5-17(16)24(22)33(15-8-6-14(30)7-9-15)37-28(19,27(13,18)2)26(36)38-12-29/h6-11,13,20,23,25,35H,3-5,12H2,1-2H3/t13-,20-,23-,25-,27-,28-/m0/s1. The van der Waals surface area contributed by atoms with Gasteiger partial charge in [0.1, 0.15) is 24.2 Å². The number of aliphatic hydroxyl groups is 1. The van der Waals surface area contributed by atoms with Crippen LogP contribution in [0.15, 0.2) is 70.0 Å². The smallest absolute Gasteiger partial charge is 0.231 e. The second-order valence-corrected chi connectivity index (χ2v) is 11.4. The maximum absolute atomic E-state index is 16.3. The van der Waals surface area contributed by atoms with Gasteiger partial charge >= 0.3 is 0 Å². The number of alkyl halides is 3. The molecule has 1 aromatic carbocycles. The molecule has 1 N–H and O–H groups in total. The van der Waals surface area contributed by atoms with Crippen LogP contribution in [-0.4, -0.2) is 46.1 Å². The van der Waals surface area contributed by atoms with Crippen molar-refractivity contribution in [3.8, 4) is 0 Å². The highest BCUT2D eigenvalue weighted by atomic mass is 32.2. The van der Waals surface area contributed by atoms with E-state index in [2.05, 4.69) is 0 Å². The predicted molar refractivity (Wildman–Crippen MR) is 133 cm³/mol. The Hall–Kier alpha value is -2.69. The lowest BCUT2D eigenvalue weighted by molar-refractivity contribution is -0.165. The van der Waals surface area contributed by atoms with Crippen molar-refractivity contribution in [3.05, 3.63) is 75.8 Å². The van der Waals surface area contributed by atoms with Crippen LogP contribution in [0.25, 0.3) is 0 Å². The molecule has 0 aromatic heterocycles. The number of aliphatic hydroxyl groups excluding tert-OH is 1. The minimum absolute atomic E-state index is 0.0419. The maximum Gasteiger partial charge on any atom is 0.231 e. The summed E-state index contributed by atoms with van der Waals surface area (Å²) < 4.78 is 58.8. The Morgan fingerprint density at radius 3 is 2.61 bits per heavy atom. The molecule has 1 aliphatic heterocycles. The Balaban J connectivity index is 1.70. The van der Waals surface area contributed by atoms with Crippen molar-refractivity contribution in [2.75, 3.05) is 11.1 Å². The molecule has 1 heterocycles. The van der Waals surface area contributed by atoms with Crippen molar-refractivity contribution in [2.45, 2.75) is 57.2 Å². The Morgan fingerprint density at radius 1 is 1.21 bits per heavy atom. The number of hydrogen-bond donors (Lipinski definition) is 1. The monoisotopic (exact) mass is 547 g/mol. The fourth-order valence-electron chi connectivity index (χ4n) is 6.86. The minimum Gasteiger partial charge on any atom is -0.389 e. The molecule has 38 heavy (non-hydrogen) atoms. The first-order valence-electron chi connectivity index (χ1n) is 12.5. The van der Waals surface area contributed by atoms with Crippen LogP contribution < -0.4 is 5.06 Å². The topological polar surface area (TPSA) is 66.8 Å². The molecule has 0 spiro atoms. The number of allylic oxidation sites excluding steroid dienone is 3. The molecular weight excluding hydrogens is 522 g/mol. The molecule has 4 aliphatic carbocycles. The van der Waals surface area contributed by atoms with E-state index in [1.807, 2.05) is 0 Å². The first kappa shape index (κ1) is 25.6. The van der Waals surface area contributed by atoms with E-state index < -0.39 is 58.1 Å². The highest BCUT2D eigenvalue weighted by molar-refractivity contribution is 8.13. The molecule has 6 atom stereocenters. The zero-order valence-electron chi connectivity index (χ0n) is 20.6. The van der Waals surface area contributed by atoms with E-state index in [1.54, 1.807) is 0 Å². The number of carbonyl (C=O) groups excluding carboxylic acids is 2. The van der Waals surface area contributed by atoms with Gasteiger partial charge in [0.05, 0.1) is 17.5 Å². The Kier molecular flexibility index (Phi) is 5.83. The van der Waals surface area contributed by atoms with Crippen LogP contribution in [-0.2, 0) is 14.4 Å². The summed E-state index contributed by atoms with van der Waals surface area (Å²) in [6.07, 6.45) is -1.33. The summed E-state index contributed by atoms with van der Waals surface area (Å²) in [4.78, 5) is 34.1. The van der Waals surface area contributed by atoms with Crippen molar-refractivity contribution in [3.63, 3.8) is 0 Å². The number of carbonyl (C=O) groups is 2. The van der Waals surface area contributed by atoms with Gasteiger partial charge in [0, 0.05) is 22.1 Å². The van der Waals surface area contributed by atoms with Crippen molar-refractivity contribution in [1.29, 1.82) is 0 Å². The van der Waals surface area contributed by atoms with E-state index >= 15 is 4.39 Å². The van der Waals surface area contributed by atoms with Gasteiger partial charge in [-0.2, -0.15) is 0 Å². The van der Waals surface area contributed by atoms with Crippen molar-refractivity contribution >= 4 is 28.3 Å². The van der Waals surface area contributed by atoms with E-state index in [1.165, 1.54) is 43.2 Å². The first-order valence-corrected chi connectivity index (χ1v) is 13.5. The predicted octanol–water partition coefficient (Wildman–Crippen LogP) is 5.38. The van der Waals surface area contributed by atoms with Crippen LogP contribution >= 0.6 is 11.8 Å². The van der Waals surface area contributed by atoms with Gasteiger partial charge in [0.15, 0.2) is 5.78 Å². The molecule has 5 nitrogen and oxygen atoms in total. The van der Waals surface area contributed by atoms with E-state index in [-0.39, 0.29) is 16.7 Å². The number of benzene rings is 1. The molecule has 0 amide bonds. The van der Waals surface area contributed by atoms with E-state index in [0.717, 1.165) is 12.2 Å². The number of nitrogens with zero attached hydrogens (tertiary/aromatic N) is 1. The number of rotatable bonds is 3.